The van der Waals surface area contributed by atoms with Crippen molar-refractivity contribution in [1.82, 2.24) is 5.32 Å². The molecule has 32 heavy (non-hydrogen) atoms. The van der Waals surface area contributed by atoms with Crippen LogP contribution < -0.4 is 14.8 Å². The van der Waals surface area contributed by atoms with Crippen LogP contribution in [0.3, 0.4) is 0 Å². The third kappa shape index (κ3) is 4.70. The average Bonchev–Trinajstić information content (AvgIpc) is 3.16. The van der Waals surface area contributed by atoms with E-state index in [0.29, 0.717) is 31.1 Å². The average molecular weight is 428 g/mol. The van der Waals surface area contributed by atoms with Crippen LogP contribution in [0.1, 0.15) is 29.0 Å². The molecule has 1 amide bonds. The summed E-state index contributed by atoms with van der Waals surface area (Å²) >= 11 is 0. The van der Waals surface area contributed by atoms with Gasteiger partial charge in [-0.2, -0.15) is 0 Å². The molecule has 0 atom stereocenters. The van der Waals surface area contributed by atoms with Crippen LogP contribution in [0.15, 0.2) is 66.7 Å². The lowest BCUT2D eigenvalue weighted by Gasteiger charge is -2.14. The second-order valence-electron chi connectivity index (χ2n) is 7.41. The van der Waals surface area contributed by atoms with E-state index in [0.717, 1.165) is 5.56 Å². The minimum atomic E-state index is -0.434. The van der Waals surface area contributed by atoms with Crippen molar-refractivity contribution in [3.05, 3.63) is 83.4 Å². The van der Waals surface area contributed by atoms with Gasteiger partial charge in [0.05, 0.1) is 14.2 Å². The molecule has 5 heteroatoms. The van der Waals surface area contributed by atoms with E-state index in [1.165, 1.54) is 22.3 Å². The molecule has 1 aliphatic rings. The van der Waals surface area contributed by atoms with Crippen LogP contribution in [-0.4, -0.2) is 33.5 Å². The van der Waals surface area contributed by atoms with Crippen LogP contribution in [0, 0.1) is 11.8 Å². The number of fused-ring (bicyclic) bond motifs is 3. The Labute approximate surface area is 188 Å². The smallest absolute Gasteiger partial charge is 0.407 e. The van der Waals surface area contributed by atoms with Crippen molar-refractivity contribution in [2.75, 3.05) is 27.4 Å². The van der Waals surface area contributed by atoms with Gasteiger partial charge in [-0.1, -0.05) is 60.4 Å². The summed E-state index contributed by atoms with van der Waals surface area (Å²) in [6.07, 6.45) is 0.0701. The zero-order valence-electron chi connectivity index (χ0n) is 18.2. The van der Waals surface area contributed by atoms with Gasteiger partial charge >= 0.3 is 6.09 Å². The van der Waals surface area contributed by atoms with Gasteiger partial charge < -0.3 is 19.5 Å². The van der Waals surface area contributed by atoms with Gasteiger partial charge in [-0.15, -0.1) is 0 Å². The van der Waals surface area contributed by atoms with Crippen molar-refractivity contribution in [1.29, 1.82) is 0 Å². The van der Waals surface area contributed by atoms with E-state index in [2.05, 4.69) is 41.4 Å². The summed E-state index contributed by atoms with van der Waals surface area (Å²) in [6.45, 7) is 0.708. The number of benzene rings is 3. The topological polar surface area (TPSA) is 56.8 Å². The number of amides is 1. The van der Waals surface area contributed by atoms with Crippen LogP contribution in [0.5, 0.6) is 11.5 Å². The van der Waals surface area contributed by atoms with Crippen molar-refractivity contribution in [3.63, 3.8) is 0 Å². The second kappa shape index (κ2) is 9.93. The number of carbonyl (C=O) groups excluding carboxylic acids is 1. The molecule has 0 bridgehead atoms. The van der Waals surface area contributed by atoms with E-state index in [1.54, 1.807) is 20.3 Å². The number of hydrogen-bond donors (Lipinski definition) is 1. The predicted molar refractivity (Wildman–Crippen MR) is 124 cm³/mol. The molecule has 3 aromatic rings. The third-order valence-electron chi connectivity index (χ3n) is 5.45. The van der Waals surface area contributed by atoms with Crippen molar-refractivity contribution in [2.24, 2.45) is 0 Å². The molecule has 0 unspecified atom stereocenters. The first kappa shape index (κ1) is 21.3. The Morgan fingerprint density at radius 3 is 2.09 bits per heavy atom. The van der Waals surface area contributed by atoms with E-state index >= 15 is 0 Å². The maximum atomic E-state index is 12.2. The van der Waals surface area contributed by atoms with Gasteiger partial charge in [0.1, 0.15) is 18.1 Å². The number of alkyl carbamates (subject to hydrolysis) is 1. The Hall–Kier alpha value is -3.91. The number of hydrogen-bond acceptors (Lipinski definition) is 4. The first-order valence-corrected chi connectivity index (χ1v) is 10.5. The Bertz CT molecular complexity index is 1110. The molecule has 5 nitrogen and oxygen atoms in total. The molecule has 162 valence electrons. The second-order valence-corrected chi connectivity index (χ2v) is 7.41. The fourth-order valence-electron chi connectivity index (χ4n) is 3.92. The highest BCUT2D eigenvalue weighted by Crippen LogP contribution is 2.44. The molecule has 3 aromatic carbocycles. The van der Waals surface area contributed by atoms with Crippen molar-refractivity contribution < 1.29 is 19.0 Å². The molecule has 1 aliphatic carbocycles. The third-order valence-corrected chi connectivity index (χ3v) is 5.45. The lowest BCUT2D eigenvalue weighted by Crippen LogP contribution is -2.26. The van der Waals surface area contributed by atoms with Crippen molar-refractivity contribution >= 4 is 6.09 Å². The summed E-state index contributed by atoms with van der Waals surface area (Å²) < 4.78 is 16.0. The highest BCUT2D eigenvalue weighted by Gasteiger charge is 2.28. The van der Waals surface area contributed by atoms with Gasteiger partial charge in [-0.25, -0.2) is 4.79 Å². The summed E-state index contributed by atoms with van der Waals surface area (Å²) in [5, 5.41) is 2.77. The van der Waals surface area contributed by atoms with E-state index in [-0.39, 0.29) is 5.92 Å². The number of nitrogens with one attached hydrogen (secondary N) is 1. The number of rotatable bonds is 6. The minimum absolute atomic E-state index is 0.0518. The van der Waals surface area contributed by atoms with E-state index < -0.39 is 6.09 Å². The highest BCUT2D eigenvalue weighted by atomic mass is 16.5. The van der Waals surface area contributed by atoms with Gasteiger partial charge in [0.25, 0.3) is 0 Å². The molecule has 1 N–H and O–H groups in total. The maximum Gasteiger partial charge on any atom is 0.407 e. The zero-order chi connectivity index (χ0) is 22.3. The predicted octanol–water partition coefficient (Wildman–Crippen LogP) is 4.98. The van der Waals surface area contributed by atoms with Gasteiger partial charge in [0, 0.05) is 30.5 Å². The minimum Gasteiger partial charge on any atom is -0.497 e. The summed E-state index contributed by atoms with van der Waals surface area (Å²) in [7, 11) is 3.20. The lowest BCUT2D eigenvalue weighted by atomic mass is 9.98. The van der Waals surface area contributed by atoms with Gasteiger partial charge in [0.2, 0.25) is 0 Å². The molecule has 0 saturated heterocycles. The molecule has 4 rings (SSSR count). The summed E-state index contributed by atoms with van der Waals surface area (Å²) in [4.78, 5) is 12.2. The molecule has 0 aliphatic heterocycles. The van der Waals surface area contributed by atoms with E-state index in [4.69, 9.17) is 14.2 Å². The summed E-state index contributed by atoms with van der Waals surface area (Å²) in [6, 6.07) is 22.0. The standard InChI is InChI=1S/C27H25NO4/c1-30-20-15-19(16-21(17-20)31-2)9-7-8-14-28-27(29)32-18-26-24-12-5-3-10-22(24)23-11-4-6-13-25(23)26/h3-6,10-13,15-17,26H,8,14,18H2,1-2H3,(H,28,29). The molecule has 0 saturated carbocycles. The first-order valence-electron chi connectivity index (χ1n) is 10.5. The zero-order valence-corrected chi connectivity index (χ0v) is 18.2. The summed E-state index contributed by atoms with van der Waals surface area (Å²) in [5.41, 5.74) is 5.60. The molecular weight excluding hydrogens is 402 g/mol. The van der Waals surface area contributed by atoms with Gasteiger partial charge in [-0.05, 0) is 34.4 Å². The SMILES string of the molecule is COc1cc(C#CCCNC(=O)OCC2c3ccccc3-c3ccccc32)cc(OC)c1. The fourth-order valence-corrected chi connectivity index (χ4v) is 3.92. The molecule has 0 aromatic heterocycles. The fraction of sp³-hybridized carbons (Fsp3) is 0.222. The maximum absolute atomic E-state index is 12.2. The van der Waals surface area contributed by atoms with Crippen molar-refractivity contribution in [3.8, 4) is 34.5 Å². The largest absolute Gasteiger partial charge is 0.497 e. The normalized spacial score (nSPS) is 11.6. The van der Waals surface area contributed by atoms with Crippen LogP contribution in [0.4, 0.5) is 4.79 Å². The highest BCUT2D eigenvalue weighted by molar-refractivity contribution is 5.79. The summed E-state index contributed by atoms with van der Waals surface area (Å²) in [5.74, 6) is 7.54. The number of methoxy groups -OCH3 is 2. The molecule has 0 radical (unpaired) electrons. The Kier molecular flexibility index (Phi) is 6.62. The molecule has 0 fully saturated rings. The monoisotopic (exact) mass is 427 g/mol. The van der Waals surface area contributed by atoms with Crippen LogP contribution >= 0.6 is 0 Å². The Balaban J connectivity index is 1.29. The first-order chi connectivity index (χ1) is 15.7. The number of carbonyl (C=O) groups is 1. The van der Waals surface area contributed by atoms with Gasteiger partial charge in [0.15, 0.2) is 0 Å². The Morgan fingerprint density at radius 1 is 0.906 bits per heavy atom. The molecular formula is C27H25NO4. The van der Waals surface area contributed by atoms with E-state index in [9.17, 15) is 4.79 Å². The van der Waals surface area contributed by atoms with Crippen molar-refractivity contribution in [2.45, 2.75) is 12.3 Å². The number of ether oxygens (including phenoxy) is 3. The molecule has 0 spiro atoms. The quantitative estimate of drug-likeness (QED) is 0.445. The Morgan fingerprint density at radius 2 is 1.50 bits per heavy atom. The van der Waals surface area contributed by atoms with Crippen LogP contribution in [-0.2, 0) is 4.74 Å². The van der Waals surface area contributed by atoms with E-state index in [1.807, 2.05) is 36.4 Å². The molecule has 0 heterocycles. The lowest BCUT2D eigenvalue weighted by molar-refractivity contribution is 0.143. The van der Waals surface area contributed by atoms with Gasteiger partial charge in [-0.3, -0.25) is 0 Å². The van der Waals surface area contributed by atoms with Crippen LogP contribution in [0.25, 0.3) is 11.1 Å². The van der Waals surface area contributed by atoms with Crippen LogP contribution in [0.2, 0.25) is 0 Å².